The lowest BCUT2D eigenvalue weighted by Crippen LogP contribution is -2.15. The number of H-pyrrole nitrogens is 1. The van der Waals surface area contributed by atoms with Gasteiger partial charge >= 0.3 is 6.18 Å². The first-order chi connectivity index (χ1) is 9.38. The summed E-state index contributed by atoms with van der Waals surface area (Å²) in [4.78, 5) is 14.4. The number of benzene rings is 2. The van der Waals surface area contributed by atoms with Gasteiger partial charge in [0.1, 0.15) is 0 Å². The van der Waals surface area contributed by atoms with Gasteiger partial charge in [0, 0.05) is 5.52 Å². The molecule has 0 unspecified atom stereocenters. The van der Waals surface area contributed by atoms with Crippen LogP contribution in [0.2, 0.25) is 0 Å². The normalized spacial score (nSPS) is 12.2. The number of alkyl halides is 3. The molecular weight excluding hydrogens is 271 g/mol. The number of para-hydroxylation sites is 1. The number of rotatable bonds is 0. The molecule has 0 spiro atoms. The third-order valence-electron chi connectivity index (χ3n) is 3.12. The van der Waals surface area contributed by atoms with Gasteiger partial charge < -0.3 is 10.1 Å². The molecular formula is C14H8F3NO2. The Balaban J connectivity index is 2.52. The summed E-state index contributed by atoms with van der Waals surface area (Å²) in [7, 11) is 0. The van der Waals surface area contributed by atoms with Crippen LogP contribution in [0.1, 0.15) is 5.56 Å². The minimum atomic E-state index is -4.66. The second-order valence-electron chi connectivity index (χ2n) is 4.42. The van der Waals surface area contributed by atoms with E-state index in [9.17, 15) is 23.1 Å². The molecule has 3 nitrogen and oxygen atoms in total. The van der Waals surface area contributed by atoms with Gasteiger partial charge in [0.05, 0.1) is 16.8 Å². The van der Waals surface area contributed by atoms with Crippen molar-refractivity contribution in [3.05, 3.63) is 52.2 Å². The zero-order chi connectivity index (χ0) is 14.5. The summed E-state index contributed by atoms with van der Waals surface area (Å²) in [6, 6.07) is 8.47. The van der Waals surface area contributed by atoms with E-state index >= 15 is 0 Å². The summed E-state index contributed by atoms with van der Waals surface area (Å²) < 4.78 is 39.0. The van der Waals surface area contributed by atoms with Gasteiger partial charge in [0.25, 0.3) is 0 Å². The van der Waals surface area contributed by atoms with Crippen LogP contribution in [-0.4, -0.2) is 10.1 Å². The number of pyridine rings is 1. The van der Waals surface area contributed by atoms with Gasteiger partial charge in [-0.1, -0.05) is 18.2 Å². The van der Waals surface area contributed by atoms with E-state index in [1.807, 2.05) is 0 Å². The molecule has 0 aromatic heterocycles. The molecule has 0 atom stereocenters. The average Bonchev–Trinajstić information content (AvgIpc) is 2.40. The predicted octanol–water partition coefficient (Wildman–Crippen LogP) is 3.36. The molecule has 1 heterocycles. The van der Waals surface area contributed by atoms with Gasteiger partial charge in [-0.15, -0.1) is 0 Å². The number of halogens is 3. The minimum Gasteiger partial charge on any atom is -0.504 e. The number of phenolic OH excluding ortho intramolecular Hbond substituents is 1. The highest BCUT2D eigenvalue weighted by Crippen LogP contribution is 2.38. The smallest absolute Gasteiger partial charge is 0.418 e. The number of aromatic hydroxyl groups is 1. The van der Waals surface area contributed by atoms with Gasteiger partial charge in [-0.2, -0.15) is 13.2 Å². The van der Waals surface area contributed by atoms with E-state index < -0.39 is 22.9 Å². The third-order valence-corrected chi connectivity index (χ3v) is 3.12. The SMILES string of the molecule is O=c1c(O)cc(C(F)(F)F)c2[nH]c3ccccc3cc1-2. The molecule has 20 heavy (non-hydrogen) atoms. The molecule has 1 aliphatic heterocycles. The lowest BCUT2D eigenvalue weighted by molar-refractivity contribution is -0.137. The lowest BCUT2D eigenvalue weighted by Gasteiger charge is -2.15. The standard InChI is InChI=1S/C14H8F3NO2/c15-14(16,17)9-6-11(19)13(20)8-5-7-3-1-2-4-10(7)18-12(8)9/h1-6,18-19H. The number of phenols is 1. The highest BCUT2D eigenvalue weighted by molar-refractivity contribution is 5.86. The van der Waals surface area contributed by atoms with Crippen LogP contribution in [-0.2, 0) is 6.18 Å². The van der Waals surface area contributed by atoms with Crippen molar-refractivity contribution in [3.63, 3.8) is 0 Å². The van der Waals surface area contributed by atoms with Crippen molar-refractivity contribution < 1.29 is 18.3 Å². The van der Waals surface area contributed by atoms with Crippen LogP contribution in [0, 0.1) is 0 Å². The number of fused-ring (bicyclic) bond motifs is 2. The molecule has 0 fully saturated rings. The molecule has 0 amide bonds. The number of hydrogen-bond acceptors (Lipinski definition) is 2. The molecule has 1 aliphatic carbocycles. The number of nitrogens with one attached hydrogen (secondary N) is 1. The van der Waals surface area contributed by atoms with Crippen molar-refractivity contribution in [2.24, 2.45) is 0 Å². The Labute approximate surface area is 110 Å². The molecule has 1 aromatic carbocycles. The van der Waals surface area contributed by atoms with E-state index in [1.165, 1.54) is 6.07 Å². The van der Waals surface area contributed by atoms with Gasteiger partial charge in [-0.05, 0) is 23.6 Å². The molecule has 1 aromatic rings. The Morgan fingerprint density at radius 3 is 2.50 bits per heavy atom. The highest BCUT2D eigenvalue weighted by Gasteiger charge is 2.36. The second kappa shape index (κ2) is 4.00. The van der Waals surface area contributed by atoms with Crippen molar-refractivity contribution in [2.45, 2.75) is 6.18 Å². The van der Waals surface area contributed by atoms with Crippen LogP contribution in [0.25, 0.3) is 22.2 Å². The van der Waals surface area contributed by atoms with E-state index in [1.54, 1.807) is 24.3 Å². The first-order valence-corrected chi connectivity index (χ1v) is 5.73. The first-order valence-electron chi connectivity index (χ1n) is 5.73. The summed E-state index contributed by atoms with van der Waals surface area (Å²) in [5.74, 6) is -0.909. The Bertz CT molecular complexity index is 836. The molecule has 0 saturated heterocycles. The van der Waals surface area contributed by atoms with Crippen LogP contribution < -0.4 is 5.43 Å². The third kappa shape index (κ3) is 1.80. The van der Waals surface area contributed by atoms with Crippen LogP contribution >= 0.6 is 0 Å². The quantitative estimate of drug-likeness (QED) is 0.620. The largest absolute Gasteiger partial charge is 0.504 e. The molecule has 0 bridgehead atoms. The van der Waals surface area contributed by atoms with Crippen LogP contribution in [0.5, 0.6) is 5.75 Å². The predicted molar refractivity (Wildman–Crippen MR) is 67.9 cm³/mol. The van der Waals surface area contributed by atoms with E-state index in [0.717, 1.165) is 0 Å². The van der Waals surface area contributed by atoms with Crippen molar-refractivity contribution in [1.82, 2.24) is 4.98 Å². The summed E-state index contributed by atoms with van der Waals surface area (Å²) in [5, 5.41) is 10.0. The van der Waals surface area contributed by atoms with Gasteiger partial charge in [-0.25, -0.2) is 0 Å². The van der Waals surface area contributed by atoms with E-state index in [4.69, 9.17) is 0 Å². The molecule has 2 N–H and O–H groups in total. The lowest BCUT2D eigenvalue weighted by atomic mass is 9.99. The zero-order valence-corrected chi connectivity index (χ0v) is 9.95. The number of hydrogen-bond donors (Lipinski definition) is 2. The summed E-state index contributed by atoms with van der Waals surface area (Å²) in [6.45, 7) is 0. The maximum Gasteiger partial charge on any atom is 0.418 e. The van der Waals surface area contributed by atoms with Crippen molar-refractivity contribution >= 4 is 10.9 Å². The Morgan fingerprint density at radius 2 is 1.80 bits per heavy atom. The number of aromatic amines is 1. The maximum atomic E-state index is 13.0. The maximum absolute atomic E-state index is 13.0. The first kappa shape index (κ1) is 12.5. The van der Waals surface area contributed by atoms with E-state index in [2.05, 4.69) is 4.98 Å². The average molecular weight is 279 g/mol. The van der Waals surface area contributed by atoms with Crippen molar-refractivity contribution in [3.8, 4) is 17.0 Å². The molecule has 0 saturated carbocycles. The second-order valence-corrected chi connectivity index (χ2v) is 4.42. The van der Waals surface area contributed by atoms with Crippen molar-refractivity contribution in [2.75, 3.05) is 0 Å². The Kier molecular flexibility index (Phi) is 2.50. The minimum absolute atomic E-state index is 0.184. The summed E-state index contributed by atoms with van der Waals surface area (Å²) in [6.07, 6.45) is -4.66. The number of aromatic nitrogens is 1. The fourth-order valence-corrected chi connectivity index (χ4v) is 2.19. The highest BCUT2D eigenvalue weighted by atomic mass is 19.4. The van der Waals surface area contributed by atoms with Crippen LogP contribution in [0.15, 0.2) is 41.2 Å². The van der Waals surface area contributed by atoms with Crippen LogP contribution in [0.4, 0.5) is 13.2 Å². The topological polar surface area (TPSA) is 53.1 Å². The monoisotopic (exact) mass is 279 g/mol. The van der Waals surface area contributed by atoms with Gasteiger partial charge in [0.15, 0.2) is 5.75 Å². The molecule has 6 heteroatoms. The molecule has 3 rings (SSSR count). The Morgan fingerprint density at radius 1 is 1.10 bits per heavy atom. The van der Waals surface area contributed by atoms with Crippen LogP contribution in [0.3, 0.4) is 0 Å². The Hall–Kier alpha value is -2.50. The summed E-state index contributed by atoms with van der Waals surface area (Å²) in [5.41, 5.74) is -1.91. The van der Waals surface area contributed by atoms with Crippen molar-refractivity contribution in [1.29, 1.82) is 0 Å². The fourth-order valence-electron chi connectivity index (χ4n) is 2.19. The molecule has 102 valence electrons. The van der Waals surface area contributed by atoms with Gasteiger partial charge in [-0.3, -0.25) is 4.79 Å². The van der Waals surface area contributed by atoms with E-state index in [-0.39, 0.29) is 11.3 Å². The van der Waals surface area contributed by atoms with Gasteiger partial charge in [0.2, 0.25) is 5.43 Å². The molecule has 2 aliphatic rings. The fraction of sp³-hybridized carbons (Fsp3) is 0.0714. The van der Waals surface area contributed by atoms with E-state index in [0.29, 0.717) is 17.0 Å². The summed E-state index contributed by atoms with van der Waals surface area (Å²) >= 11 is 0. The zero-order valence-electron chi connectivity index (χ0n) is 9.95. The molecule has 0 radical (unpaired) electrons.